The second-order valence-electron chi connectivity index (χ2n) is 3.00. The van der Waals surface area contributed by atoms with Crippen molar-refractivity contribution in [1.29, 1.82) is 0 Å². The van der Waals surface area contributed by atoms with Gasteiger partial charge in [-0.1, -0.05) is 26.2 Å². The van der Waals surface area contributed by atoms with Crippen LogP contribution in [0.4, 0.5) is 4.79 Å². The summed E-state index contributed by atoms with van der Waals surface area (Å²) in [6.45, 7) is 2.72. The molecule has 14 heavy (non-hydrogen) atoms. The lowest BCUT2D eigenvalue weighted by Crippen LogP contribution is -2.40. The van der Waals surface area contributed by atoms with Crippen molar-refractivity contribution in [2.24, 2.45) is 0 Å². The molecule has 0 bridgehead atoms. The van der Waals surface area contributed by atoms with Crippen molar-refractivity contribution in [2.45, 2.75) is 32.6 Å². The Morgan fingerprint density at radius 3 is 2.50 bits per heavy atom. The van der Waals surface area contributed by atoms with E-state index in [2.05, 4.69) is 17.6 Å². The maximum Gasteiger partial charge on any atom is 0.321 e. The molecule has 2 N–H and O–H groups in total. The summed E-state index contributed by atoms with van der Waals surface area (Å²) in [6, 6.07) is -0.466. The van der Waals surface area contributed by atoms with Gasteiger partial charge in [0.1, 0.15) is 5.88 Å². The molecule has 0 rings (SSSR count). The van der Waals surface area contributed by atoms with Crippen LogP contribution in [0.2, 0.25) is 0 Å². The van der Waals surface area contributed by atoms with E-state index in [1.807, 2.05) is 0 Å². The third-order valence-electron chi connectivity index (χ3n) is 1.69. The molecule has 0 unspecified atom stereocenters. The number of urea groups is 1. The monoisotopic (exact) mass is 220 g/mol. The first-order chi connectivity index (χ1) is 6.70. The van der Waals surface area contributed by atoms with E-state index in [9.17, 15) is 9.59 Å². The fourth-order valence-corrected chi connectivity index (χ4v) is 1.02. The zero-order valence-electron chi connectivity index (χ0n) is 8.44. The number of alkyl halides is 1. The summed E-state index contributed by atoms with van der Waals surface area (Å²) in [5.41, 5.74) is 0. The van der Waals surface area contributed by atoms with Gasteiger partial charge in [0.05, 0.1) is 0 Å². The fraction of sp³-hybridized carbons (Fsp3) is 0.778. The van der Waals surface area contributed by atoms with E-state index >= 15 is 0 Å². The first kappa shape index (κ1) is 13.2. The minimum absolute atomic E-state index is 0.191. The molecule has 0 aromatic rings. The third-order valence-corrected chi connectivity index (χ3v) is 1.93. The van der Waals surface area contributed by atoms with Gasteiger partial charge >= 0.3 is 6.03 Å². The highest BCUT2D eigenvalue weighted by molar-refractivity contribution is 6.28. The van der Waals surface area contributed by atoms with Crippen LogP contribution in [0.3, 0.4) is 0 Å². The predicted molar refractivity (Wildman–Crippen MR) is 56.4 cm³/mol. The minimum atomic E-state index is -0.474. The molecule has 5 heteroatoms. The van der Waals surface area contributed by atoms with Crippen molar-refractivity contribution in [3.63, 3.8) is 0 Å². The molecule has 4 nitrogen and oxygen atoms in total. The van der Waals surface area contributed by atoms with Crippen molar-refractivity contribution in [3.8, 4) is 0 Å². The first-order valence-electron chi connectivity index (χ1n) is 4.84. The smallest absolute Gasteiger partial charge is 0.321 e. The Morgan fingerprint density at radius 2 is 1.93 bits per heavy atom. The Kier molecular flexibility index (Phi) is 8.33. The summed E-state index contributed by atoms with van der Waals surface area (Å²) in [6.07, 6.45) is 4.37. The molecule has 0 aliphatic rings. The Morgan fingerprint density at radius 1 is 1.21 bits per heavy atom. The van der Waals surface area contributed by atoms with Gasteiger partial charge in [0.15, 0.2) is 0 Å². The number of unbranched alkanes of at least 4 members (excludes halogenated alkanes) is 3. The molecule has 0 heterocycles. The molecular weight excluding hydrogens is 204 g/mol. The second-order valence-corrected chi connectivity index (χ2v) is 3.27. The number of nitrogens with one attached hydrogen (secondary N) is 2. The molecule has 0 fully saturated rings. The van der Waals surface area contributed by atoms with Crippen molar-refractivity contribution < 1.29 is 9.59 Å². The SMILES string of the molecule is CCCCCCNC(=O)NC(=O)CCl. The van der Waals surface area contributed by atoms with Gasteiger partial charge in [0.2, 0.25) is 5.91 Å². The quantitative estimate of drug-likeness (QED) is 0.528. The van der Waals surface area contributed by atoms with Gasteiger partial charge in [0.25, 0.3) is 0 Å². The lowest BCUT2D eigenvalue weighted by atomic mass is 10.2. The average Bonchev–Trinajstić information content (AvgIpc) is 2.17. The second kappa shape index (κ2) is 8.81. The van der Waals surface area contributed by atoms with Crippen LogP contribution in [-0.4, -0.2) is 24.4 Å². The fourth-order valence-electron chi connectivity index (χ4n) is 0.958. The number of hydrogen-bond acceptors (Lipinski definition) is 2. The number of rotatable bonds is 6. The number of amides is 3. The number of imide groups is 1. The highest BCUT2D eigenvalue weighted by Gasteiger charge is 2.03. The molecule has 0 aliphatic heterocycles. The maximum atomic E-state index is 10.9. The van der Waals surface area contributed by atoms with Gasteiger partial charge in [-0.2, -0.15) is 0 Å². The standard InChI is InChI=1S/C9H17ClN2O2/c1-2-3-4-5-6-11-9(14)12-8(13)7-10/h2-7H2,1H3,(H2,11,12,13,14). The van der Waals surface area contributed by atoms with Crippen LogP contribution in [0.25, 0.3) is 0 Å². The largest absolute Gasteiger partial charge is 0.338 e. The summed E-state index contributed by atoms with van der Waals surface area (Å²) >= 11 is 5.21. The number of carbonyl (C=O) groups is 2. The van der Waals surface area contributed by atoms with E-state index < -0.39 is 11.9 Å². The molecule has 0 aromatic heterocycles. The molecule has 0 saturated heterocycles. The Hall–Kier alpha value is -0.770. The Labute approximate surface area is 89.4 Å². The summed E-state index contributed by atoms with van der Waals surface area (Å²) in [4.78, 5) is 21.6. The van der Waals surface area contributed by atoms with Crippen LogP contribution in [-0.2, 0) is 4.79 Å². The normalized spacial score (nSPS) is 9.57. The van der Waals surface area contributed by atoms with Gasteiger partial charge in [-0.05, 0) is 6.42 Å². The van der Waals surface area contributed by atoms with E-state index in [1.165, 1.54) is 6.42 Å². The van der Waals surface area contributed by atoms with Crippen LogP contribution < -0.4 is 10.6 Å². The summed E-state index contributed by atoms with van der Waals surface area (Å²) < 4.78 is 0. The van der Waals surface area contributed by atoms with Crippen LogP contribution in [0.15, 0.2) is 0 Å². The molecule has 0 atom stereocenters. The zero-order chi connectivity index (χ0) is 10.8. The summed E-state index contributed by atoms with van der Waals surface area (Å²) in [5.74, 6) is -0.666. The number of carbonyl (C=O) groups excluding carboxylic acids is 2. The molecule has 3 amide bonds. The lowest BCUT2D eigenvalue weighted by molar-refractivity contribution is -0.117. The van der Waals surface area contributed by atoms with Gasteiger partial charge < -0.3 is 5.32 Å². The first-order valence-corrected chi connectivity index (χ1v) is 5.37. The number of hydrogen-bond donors (Lipinski definition) is 2. The van der Waals surface area contributed by atoms with Gasteiger partial charge in [0, 0.05) is 6.54 Å². The predicted octanol–water partition coefficient (Wildman–Crippen LogP) is 1.63. The highest BCUT2D eigenvalue weighted by atomic mass is 35.5. The highest BCUT2D eigenvalue weighted by Crippen LogP contribution is 1.96. The average molecular weight is 221 g/mol. The molecule has 0 saturated carbocycles. The number of halogens is 1. The van der Waals surface area contributed by atoms with Crippen molar-refractivity contribution in [1.82, 2.24) is 10.6 Å². The van der Waals surface area contributed by atoms with E-state index in [4.69, 9.17) is 11.6 Å². The maximum absolute atomic E-state index is 10.9. The van der Waals surface area contributed by atoms with Gasteiger partial charge in [-0.25, -0.2) is 4.79 Å². The topological polar surface area (TPSA) is 58.2 Å². The minimum Gasteiger partial charge on any atom is -0.338 e. The molecule has 82 valence electrons. The van der Waals surface area contributed by atoms with Crippen LogP contribution in [0, 0.1) is 0 Å². The van der Waals surface area contributed by atoms with Crippen molar-refractivity contribution in [3.05, 3.63) is 0 Å². The van der Waals surface area contributed by atoms with Gasteiger partial charge in [-0.15, -0.1) is 11.6 Å². The molecule has 0 aliphatic carbocycles. The van der Waals surface area contributed by atoms with Crippen LogP contribution >= 0.6 is 11.6 Å². The molecular formula is C9H17ClN2O2. The van der Waals surface area contributed by atoms with E-state index in [1.54, 1.807) is 0 Å². The van der Waals surface area contributed by atoms with Gasteiger partial charge in [-0.3, -0.25) is 10.1 Å². The Balaban J connectivity index is 3.31. The van der Waals surface area contributed by atoms with Crippen LogP contribution in [0.5, 0.6) is 0 Å². The van der Waals surface area contributed by atoms with E-state index in [0.29, 0.717) is 6.54 Å². The third kappa shape index (κ3) is 7.86. The molecule has 0 spiro atoms. The lowest BCUT2D eigenvalue weighted by Gasteiger charge is -2.04. The Bertz CT molecular complexity index is 186. The zero-order valence-corrected chi connectivity index (χ0v) is 9.19. The van der Waals surface area contributed by atoms with Crippen molar-refractivity contribution in [2.75, 3.05) is 12.4 Å². The van der Waals surface area contributed by atoms with E-state index in [-0.39, 0.29) is 5.88 Å². The summed E-state index contributed by atoms with van der Waals surface area (Å²) in [7, 11) is 0. The molecule has 0 aromatic carbocycles. The van der Waals surface area contributed by atoms with Crippen LogP contribution in [0.1, 0.15) is 32.6 Å². The summed E-state index contributed by atoms with van der Waals surface area (Å²) in [5, 5.41) is 4.68. The van der Waals surface area contributed by atoms with E-state index in [0.717, 1.165) is 19.3 Å². The molecule has 0 radical (unpaired) electrons. The van der Waals surface area contributed by atoms with Crippen molar-refractivity contribution >= 4 is 23.5 Å².